The van der Waals surface area contributed by atoms with E-state index in [1.807, 2.05) is 0 Å². The van der Waals surface area contributed by atoms with Crippen LogP contribution in [0.5, 0.6) is 0 Å². The van der Waals surface area contributed by atoms with Crippen molar-refractivity contribution in [2.24, 2.45) is 13.0 Å². The Morgan fingerprint density at radius 1 is 1.33 bits per heavy atom. The highest BCUT2D eigenvalue weighted by Crippen LogP contribution is 2.28. The van der Waals surface area contributed by atoms with E-state index in [1.165, 1.54) is 12.1 Å². The average molecular weight is 459 g/mol. The summed E-state index contributed by atoms with van der Waals surface area (Å²) in [6.45, 7) is 0. The molecule has 1 saturated carbocycles. The molecule has 11 heteroatoms. The molecule has 0 unspecified atom stereocenters. The minimum absolute atomic E-state index is 0.0236. The second-order valence-electron chi connectivity index (χ2n) is 7.46. The predicted molar refractivity (Wildman–Crippen MR) is 111 cm³/mol. The fourth-order valence-corrected chi connectivity index (χ4v) is 5.05. The lowest BCUT2D eigenvalue weighted by atomic mass is 9.89. The molecule has 0 spiro atoms. The van der Waals surface area contributed by atoms with E-state index in [0.717, 1.165) is 25.7 Å². The van der Waals surface area contributed by atoms with Crippen molar-refractivity contribution < 1.29 is 22.3 Å². The van der Waals surface area contributed by atoms with Crippen LogP contribution in [-0.4, -0.2) is 42.8 Å². The molecule has 0 aliphatic heterocycles. The first-order valence-electron chi connectivity index (χ1n) is 9.48. The molecule has 1 aliphatic carbocycles. The Morgan fingerprint density at radius 2 is 2.03 bits per heavy atom. The molecular formula is C19H24ClFN4O4S. The number of ether oxygens (including phenoxy) is 1. The number of nitrogens with one attached hydrogen (secondary N) is 2. The number of amides is 1. The zero-order chi connectivity index (χ0) is 21.9. The summed E-state index contributed by atoms with van der Waals surface area (Å²) in [6.07, 6.45) is 6.45. The van der Waals surface area contributed by atoms with Crippen LogP contribution >= 0.6 is 11.6 Å². The number of nitrogens with zero attached hydrogens (tertiary/aromatic N) is 2. The first-order chi connectivity index (χ1) is 14.2. The van der Waals surface area contributed by atoms with Crippen LogP contribution in [0.1, 0.15) is 36.0 Å². The number of rotatable bonds is 7. The van der Waals surface area contributed by atoms with Crippen molar-refractivity contribution in [1.29, 1.82) is 0 Å². The molecule has 2 aromatic rings. The van der Waals surface area contributed by atoms with Gasteiger partial charge in [-0.15, -0.1) is 4.83 Å². The van der Waals surface area contributed by atoms with Gasteiger partial charge in [-0.1, -0.05) is 11.6 Å². The molecule has 0 bridgehead atoms. The molecule has 1 heterocycles. The lowest BCUT2D eigenvalue weighted by molar-refractivity contribution is 0.0596. The molecule has 164 valence electrons. The van der Waals surface area contributed by atoms with Crippen LogP contribution in [0.15, 0.2) is 24.7 Å². The lowest BCUT2D eigenvalue weighted by Crippen LogP contribution is -2.44. The van der Waals surface area contributed by atoms with E-state index in [2.05, 4.69) is 15.2 Å². The van der Waals surface area contributed by atoms with Crippen LogP contribution in [0.4, 0.5) is 4.39 Å². The van der Waals surface area contributed by atoms with Crippen LogP contribution in [0.2, 0.25) is 5.02 Å². The van der Waals surface area contributed by atoms with Crippen molar-refractivity contribution in [2.75, 3.05) is 12.9 Å². The van der Waals surface area contributed by atoms with Gasteiger partial charge in [0.2, 0.25) is 10.0 Å². The Kier molecular flexibility index (Phi) is 7.12. The maximum atomic E-state index is 14.4. The summed E-state index contributed by atoms with van der Waals surface area (Å²) in [5.41, 5.74) is 2.63. The molecule has 1 amide bonds. The number of carbonyl (C=O) groups is 1. The van der Waals surface area contributed by atoms with Gasteiger partial charge in [-0.3, -0.25) is 10.2 Å². The molecule has 0 saturated heterocycles. The predicted octanol–water partition coefficient (Wildman–Crippen LogP) is 2.65. The number of sulfonamides is 1. The molecule has 3 rings (SSSR count). The first kappa shape index (κ1) is 22.7. The quantitative estimate of drug-likeness (QED) is 0.621. The monoisotopic (exact) mass is 458 g/mol. The molecule has 30 heavy (non-hydrogen) atoms. The standard InChI is InChI=1S/C19H24ClFN4O4S/c1-25-9-17(22-11-25)13-7-15(18(21)16(20)8-13)19(26)23-24-30(27,28)10-12-3-5-14(29-2)6-4-12/h7-9,11-12,14,24H,3-6,10H2,1-2H3,(H,23,26)/t12-,14+. The van der Waals surface area contributed by atoms with Crippen molar-refractivity contribution >= 4 is 27.5 Å². The highest BCUT2D eigenvalue weighted by Gasteiger charge is 2.26. The number of methoxy groups -OCH3 is 1. The summed E-state index contributed by atoms with van der Waals surface area (Å²) < 4.78 is 46.1. The second-order valence-corrected chi connectivity index (χ2v) is 9.63. The molecule has 1 aliphatic rings. The number of hydrazine groups is 1. The summed E-state index contributed by atoms with van der Waals surface area (Å²) >= 11 is 5.92. The third kappa shape index (κ3) is 5.57. The van der Waals surface area contributed by atoms with Crippen molar-refractivity contribution in [2.45, 2.75) is 31.8 Å². The van der Waals surface area contributed by atoms with Gasteiger partial charge in [0.25, 0.3) is 5.91 Å². The van der Waals surface area contributed by atoms with Crippen molar-refractivity contribution in [1.82, 2.24) is 19.8 Å². The Bertz CT molecular complexity index is 1020. The van der Waals surface area contributed by atoms with E-state index in [1.54, 1.807) is 31.2 Å². The zero-order valence-electron chi connectivity index (χ0n) is 16.7. The van der Waals surface area contributed by atoms with Gasteiger partial charge in [0.05, 0.1) is 34.5 Å². The number of aromatic nitrogens is 2. The van der Waals surface area contributed by atoms with Crippen molar-refractivity contribution in [3.8, 4) is 11.3 Å². The van der Waals surface area contributed by atoms with Gasteiger partial charge in [-0.05, 0) is 43.7 Å². The van der Waals surface area contributed by atoms with E-state index in [-0.39, 0.29) is 28.4 Å². The molecule has 2 N–H and O–H groups in total. The minimum Gasteiger partial charge on any atom is -0.381 e. The van der Waals surface area contributed by atoms with Crippen LogP contribution < -0.4 is 10.3 Å². The fourth-order valence-electron chi connectivity index (χ4n) is 3.54. The second kappa shape index (κ2) is 9.42. The molecule has 0 radical (unpaired) electrons. The van der Waals surface area contributed by atoms with Crippen LogP contribution in [-0.2, 0) is 21.8 Å². The zero-order valence-corrected chi connectivity index (χ0v) is 18.3. The van der Waals surface area contributed by atoms with Crippen molar-refractivity contribution in [3.63, 3.8) is 0 Å². The van der Waals surface area contributed by atoms with E-state index >= 15 is 0 Å². The third-order valence-corrected chi connectivity index (χ3v) is 6.77. The van der Waals surface area contributed by atoms with Crippen molar-refractivity contribution in [3.05, 3.63) is 41.1 Å². The minimum atomic E-state index is -3.78. The van der Waals surface area contributed by atoms with Crippen LogP contribution in [0, 0.1) is 11.7 Å². The molecule has 8 nitrogen and oxygen atoms in total. The van der Waals surface area contributed by atoms with Crippen LogP contribution in [0.25, 0.3) is 11.3 Å². The summed E-state index contributed by atoms with van der Waals surface area (Å²) in [6, 6.07) is 2.63. The maximum Gasteiger partial charge on any atom is 0.269 e. The average Bonchev–Trinajstić information content (AvgIpc) is 3.15. The largest absolute Gasteiger partial charge is 0.381 e. The number of halogens is 2. The number of benzene rings is 1. The highest BCUT2D eigenvalue weighted by molar-refractivity contribution is 7.89. The first-order valence-corrected chi connectivity index (χ1v) is 11.5. The summed E-state index contributed by atoms with van der Waals surface area (Å²) in [5.74, 6) is -2.03. The van der Waals surface area contributed by atoms with E-state index in [9.17, 15) is 17.6 Å². The lowest BCUT2D eigenvalue weighted by Gasteiger charge is -2.27. The number of hydrogen-bond acceptors (Lipinski definition) is 5. The van der Waals surface area contributed by atoms with E-state index < -0.39 is 21.7 Å². The van der Waals surface area contributed by atoms with Crippen LogP contribution in [0.3, 0.4) is 0 Å². The molecule has 1 aromatic carbocycles. The molecule has 0 atom stereocenters. The highest BCUT2D eigenvalue weighted by atomic mass is 35.5. The van der Waals surface area contributed by atoms with Gasteiger partial charge in [-0.2, -0.15) is 0 Å². The Morgan fingerprint density at radius 3 is 2.63 bits per heavy atom. The number of carbonyl (C=O) groups excluding carboxylic acids is 1. The number of hydrogen-bond donors (Lipinski definition) is 2. The topological polar surface area (TPSA) is 102 Å². The molecule has 1 aromatic heterocycles. The molecular weight excluding hydrogens is 435 g/mol. The Labute approximate surface area is 179 Å². The number of imidazole rings is 1. The van der Waals surface area contributed by atoms with Gasteiger partial charge in [-0.25, -0.2) is 17.8 Å². The Hall–Kier alpha value is -2.01. The van der Waals surface area contributed by atoms with E-state index in [0.29, 0.717) is 11.3 Å². The normalized spacial score (nSPS) is 19.6. The summed E-state index contributed by atoms with van der Waals surface area (Å²) in [7, 11) is -0.369. The van der Waals surface area contributed by atoms with Gasteiger partial charge in [0.15, 0.2) is 5.82 Å². The molecule has 1 fully saturated rings. The smallest absolute Gasteiger partial charge is 0.269 e. The van der Waals surface area contributed by atoms with E-state index in [4.69, 9.17) is 16.3 Å². The number of aryl methyl sites for hydroxylation is 1. The van der Waals surface area contributed by atoms with Gasteiger partial charge in [0.1, 0.15) is 0 Å². The fraction of sp³-hybridized carbons (Fsp3) is 0.474. The Balaban J connectivity index is 1.66. The third-order valence-electron chi connectivity index (χ3n) is 5.18. The summed E-state index contributed by atoms with van der Waals surface area (Å²) in [5, 5.41) is -0.263. The van der Waals surface area contributed by atoms with Gasteiger partial charge < -0.3 is 9.30 Å². The van der Waals surface area contributed by atoms with Gasteiger partial charge in [0, 0.05) is 25.9 Å². The SMILES string of the molecule is CO[C@H]1CC[C@@H](CS(=O)(=O)NNC(=O)c2cc(-c3cn(C)cn3)cc(Cl)c2F)CC1. The van der Waals surface area contributed by atoms with Gasteiger partial charge >= 0.3 is 0 Å². The maximum absolute atomic E-state index is 14.4. The summed E-state index contributed by atoms with van der Waals surface area (Å²) in [4.78, 5) is 18.6.